The predicted molar refractivity (Wildman–Crippen MR) is 84.6 cm³/mol. The molecular weight excluding hydrogens is 306 g/mol. The zero-order valence-electron chi connectivity index (χ0n) is 13.0. The second-order valence-electron chi connectivity index (χ2n) is 5.20. The number of fused-ring (bicyclic) bond motifs is 1. The van der Waals surface area contributed by atoms with Crippen LogP contribution < -0.4 is 4.72 Å². The minimum Gasteiger partial charge on any atom is -0.460 e. The molecule has 0 aliphatic carbocycles. The van der Waals surface area contributed by atoms with Crippen molar-refractivity contribution >= 4 is 32.6 Å². The van der Waals surface area contributed by atoms with Gasteiger partial charge in [0.1, 0.15) is 16.9 Å². The van der Waals surface area contributed by atoms with E-state index in [-0.39, 0.29) is 11.9 Å². The van der Waals surface area contributed by atoms with E-state index in [2.05, 4.69) is 4.72 Å². The molecule has 0 saturated carbocycles. The Morgan fingerprint density at radius 3 is 2.64 bits per heavy atom. The van der Waals surface area contributed by atoms with Crippen LogP contribution in [0.1, 0.15) is 36.9 Å². The van der Waals surface area contributed by atoms with Gasteiger partial charge in [-0.3, -0.25) is 4.72 Å². The molecule has 7 heteroatoms. The second-order valence-corrected chi connectivity index (χ2v) is 7.21. The number of carbonyl (C=O) groups is 1. The third-order valence-corrected chi connectivity index (χ3v) is 4.37. The Morgan fingerprint density at radius 2 is 2.05 bits per heavy atom. The molecule has 1 aromatic carbocycles. The first kappa shape index (κ1) is 16.4. The fourth-order valence-electron chi connectivity index (χ4n) is 2.06. The molecule has 0 amide bonds. The van der Waals surface area contributed by atoms with Crippen LogP contribution in [0.15, 0.2) is 22.6 Å². The Hall–Kier alpha value is -2.02. The van der Waals surface area contributed by atoms with Crippen LogP contribution in [0.25, 0.3) is 11.0 Å². The van der Waals surface area contributed by atoms with Crippen molar-refractivity contribution in [3.8, 4) is 0 Å². The maximum atomic E-state index is 12.2. The van der Waals surface area contributed by atoms with Gasteiger partial charge in [0.05, 0.1) is 11.9 Å². The number of nitrogens with one attached hydrogen (secondary N) is 1. The summed E-state index contributed by atoms with van der Waals surface area (Å²) in [6, 6.07) is 4.80. The van der Waals surface area contributed by atoms with Crippen molar-refractivity contribution in [1.29, 1.82) is 0 Å². The van der Waals surface area contributed by atoms with Crippen LogP contribution >= 0.6 is 0 Å². The second kappa shape index (κ2) is 6.00. The van der Waals surface area contributed by atoms with E-state index in [1.165, 1.54) is 0 Å². The van der Waals surface area contributed by atoms with Gasteiger partial charge in [-0.25, -0.2) is 13.2 Å². The van der Waals surface area contributed by atoms with E-state index in [0.717, 1.165) is 0 Å². The first-order chi connectivity index (χ1) is 10.2. The van der Waals surface area contributed by atoms with E-state index in [0.29, 0.717) is 28.0 Å². The van der Waals surface area contributed by atoms with Crippen molar-refractivity contribution in [3.05, 3.63) is 29.5 Å². The number of hydrogen-bond donors (Lipinski definition) is 1. The van der Waals surface area contributed by atoms with Crippen molar-refractivity contribution in [2.24, 2.45) is 0 Å². The van der Waals surface area contributed by atoms with Gasteiger partial charge >= 0.3 is 5.97 Å². The molecule has 2 aromatic rings. The summed E-state index contributed by atoms with van der Waals surface area (Å²) in [6.45, 7) is 6.74. The summed E-state index contributed by atoms with van der Waals surface area (Å²) in [5.41, 5.74) is 1.21. The Morgan fingerprint density at radius 1 is 1.36 bits per heavy atom. The highest BCUT2D eigenvalue weighted by molar-refractivity contribution is 7.92. The summed E-state index contributed by atoms with van der Waals surface area (Å²) in [6.07, 6.45) is -0.251. The van der Waals surface area contributed by atoms with Crippen LogP contribution in [0, 0.1) is 6.92 Å². The van der Waals surface area contributed by atoms with Crippen LogP contribution in [-0.4, -0.2) is 26.2 Å². The maximum Gasteiger partial charge on any atom is 0.342 e. The summed E-state index contributed by atoms with van der Waals surface area (Å²) in [4.78, 5) is 12.2. The number of hydrogen-bond acceptors (Lipinski definition) is 5. The smallest absolute Gasteiger partial charge is 0.342 e. The molecule has 22 heavy (non-hydrogen) atoms. The van der Waals surface area contributed by atoms with Gasteiger partial charge in [-0.15, -0.1) is 0 Å². The van der Waals surface area contributed by atoms with Gasteiger partial charge < -0.3 is 9.15 Å². The Kier molecular flexibility index (Phi) is 4.46. The molecule has 0 unspecified atom stereocenters. The third-order valence-electron chi connectivity index (χ3n) is 3.06. The highest BCUT2D eigenvalue weighted by Gasteiger charge is 2.21. The molecule has 0 atom stereocenters. The van der Waals surface area contributed by atoms with Gasteiger partial charge in [-0.2, -0.15) is 0 Å². The third kappa shape index (κ3) is 3.41. The number of sulfonamides is 1. The number of furan rings is 1. The van der Waals surface area contributed by atoms with Crippen molar-refractivity contribution in [1.82, 2.24) is 0 Å². The number of rotatable bonds is 5. The largest absolute Gasteiger partial charge is 0.460 e. The molecule has 1 heterocycles. The number of aryl methyl sites for hydroxylation is 1. The molecule has 6 nitrogen and oxygen atoms in total. The molecule has 0 saturated heterocycles. The fraction of sp³-hybridized carbons (Fsp3) is 0.400. The Balaban J connectivity index is 2.49. The van der Waals surface area contributed by atoms with Crippen LogP contribution in [0.4, 0.5) is 5.69 Å². The SMILES string of the molecule is CCS(=O)(=O)Nc1ccc2oc(C)c(C(=O)OC(C)C)c2c1. The highest BCUT2D eigenvalue weighted by Crippen LogP contribution is 2.29. The first-order valence-corrected chi connectivity index (χ1v) is 8.63. The molecule has 0 spiro atoms. The molecule has 0 aliphatic rings. The van der Waals surface area contributed by atoms with Crippen molar-refractivity contribution in [2.75, 3.05) is 10.5 Å². The van der Waals surface area contributed by atoms with Gasteiger partial charge in [-0.05, 0) is 45.9 Å². The molecule has 1 N–H and O–H groups in total. The van der Waals surface area contributed by atoms with Crippen LogP contribution in [0.5, 0.6) is 0 Å². The molecule has 2 rings (SSSR count). The highest BCUT2D eigenvalue weighted by atomic mass is 32.2. The lowest BCUT2D eigenvalue weighted by Crippen LogP contribution is -2.14. The monoisotopic (exact) mass is 325 g/mol. The topological polar surface area (TPSA) is 85.6 Å². The summed E-state index contributed by atoms with van der Waals surface area (Å²) in [7, 11) is -3.38. The number of carbonyl (C=O) groups excluding carboxylic acids is 1. The van der Waals surface area contributed by atoms with Crippen LogP contribution in [-0.2, 0) is 14.8 Å². The number of benzene rings is 1. The van der Waals surface area contributed by atoms with Crippen LogP contribution in [0.3, 0.4) is 0 Å². The zero-order valence-corrected chi connectivity index (χ0v) is 13.8. The van der Waals surface area contributed by atoms with E-state index < -0.39 is 16.0 Å². The van der Waals surface area contributed by atoms with Crippen molar-refractivity contribution < 1.29 is 22.4 Å². The Labute approximate surface area is 129 Å². The lowest BCUT2D eigenvalue weighted by atomic mass is 10.1. The summed E-state index contributed by atoms with van der Waals surface area (Å²) in [5, 5.41) is 0.527. The minimum absolute atomic E-state index is 0.0301. The molecule has 0 aliphatic heterocycles. The summed E-state index contributed by atoms with van der Waals surface area (Å²) < 4.78 is 36.5. The average molecular weight is 325 g/mol. The van der Waals surface area contributed by atoms with E-state index in [4.69, 9.17) is 9.15 Å². The van der Waals surface area contributed by atoms with E-state index >= 15 is 0 Å². The molecular formula is C15H19NO5S. The summed E-state index contributed by atoms with van der Waals surface area (Å²) in [5.74, 6) is -0.0737. The van der Waals surface area contributed by atoms with E-state index in [9.17, 15) is 13.2 Å². The van der Waals surface area contributed by atoms with Gasteiger partial charge in [0.15, 0.2) is 0 Å². The van der Waals surface area contributed by atoms with Gasteiger partial charge in [0.25, 0.3) is 0 Å². The lowest BCUT2D eigenvalue weighted by Gasteiger charge is -2.08. The zero-order chi connectivity index (χ0) is 16.5. The normalized spacial score (nSPS) is 11.9. The predicted octanol–water partition coefficient (Wildman–Crippen LogP) is 3.07. The number of anilines is 1. The standard InChI is InChI=1S/C15H19NO5S/c1-5-22(18,19)16-11-6-7-13-12(8-11)14(10(4)21-13)15(17)20-9(2)3/h6-9,16H,5H2,1-4H3. The number of ether oxygens (including phenoxy) is 1. The molecule has 120 valence electrons. The fourth-order valence-corrected chi connectivity index (χ4v) is 2.69. The van der Waals surface area contributed by atoms with Gasteiger partial charge in [-0.1, -0.05) is 0 Å². The van der Waals surface area contributed by atoms with E-state index in [1.54, 1.807) is 45.9 Å². The van der Waals surface area contributed by atoms with Crippen LogP contribution in [0.2, 0.25) is 0 Å². The quantitative estimate of drug-likeness (QED) is 0.854. The first-order valence-electron chi connectivity index (χ1n) is 6.98. The van der Waals surface area contributed by atoms with Crippen molar-refractivity contribution in [3.63, 3.8) is 0 Å². The van der Waals surface area contributed by atoms with E-state index in [1.807, 2.05) is 0 Å². The summed E-state index contributed by atoms with van der Waals surface area (Å²) >= 11 is 0. The Bertz CT molecular complexity index is 805. The lowest BCUT2D eigenvalue weighted by molar-refractivity contribution is 0.0378. The van der Waals surface area contributed by atoms with Gasteiger partial charge in [0, 0.05) is 11.1 Å². The molecule has 0 radical (unpaired) electrons. The molecule has 0 bridgehead atoms. The van der Waals surface area contributed by atoms with Gasteiger partial charge in [0.2, 0.25) is 10.0 Å². The number of esters is 1. The average Bonchev–Trinajstić information content (AvgIpc) is 2.73. The maximum absolute atomic E-state index is 12.2. The van der Waals surface area contributed by atoms with Crippen molar-refractivity contribution in [2.45, 2.75) is 33.8 Å². The molecule has 0 fully saturated rings. The molecule has 1 aromatic heterocycles. The minimum atomic E-state index is -3.38.